The van der Waals surface area contributed by atoms with E-state index in [2.05, 4.69) is 10.1 Å². The van der Waals surface area contributed by atoms with E-state index in [-0.39, 0.29) is 0 Å². The van der Waals surface area contributed by atoms with Gasteiger partial charge in [-0.15, -0.1) is 11.3 Å². The van der Waals surface area contributed by atoms with Crippen LogP contribution in [0.25, 0.3) is 10.7 Å². The number of nitrogen functional groups attached to an aromatic ring is 1. The van der Waals surface area contributed by atoms with Gasteiger partial charge in [-0.2, -0.15) is 4.98 Å². The topological polar surface area (TPSA) is 64.9 Å². The minimum atomic E-state index is 0.569. The first kappa shape index (κ1) is 8.25. The van der Waals surface area contributed by atoms with Gasteiger partial charge in [0, 0.05) is 17.5 Å². The van der Waals surface area contributed by atoms with Gasteiger partial charge in [0.25, 0.3) is 0 Å². The Kier molecular flexibility index (Phi) is 1.81. The molecule has 2 heterocycles. The molecular weight excluding hydrogens is 186 g/mol. The number of thiophene rings is 1. The smallest absolute Gasteiger partial charge is 0.223 e. The van der Waals surface area contributed by atoms with Crippen LogP contribution in [0, 0.1) is 13.8 Å². The minimum Gasteiger partial charge on any atom is -0.398 e. The van der Waals surface area contributed by atoms with Gasteiger partial charge in [-0.3, -0.25) is 0 Å². The third-order valence-electron chi connectivity index (χ3n) is 1.70. The van der Waals surface area contributed by atoms with Gasteiger partial charge in [-0.05, 0) is 13.0 Å². The van der Waals surface area contributed by atoms with Crippen LogP contribution in [0.3, 0.4) is 0 Å². The first-order chi connectivity index (χ1) is 6.16. The summed E-state index contributed by atoms with van der Waals surface area (Å²) in [6.07, 6.45) is 0. The molecule has 4 nitrogen and oxygen atoms in total. The minimum absolute atomic E-state index is 0.569. The van der Waals surface area contributed by atoms with Crippen LogP contribution in [0.2, 0.25) is 0 Å². The van der Waals surface area contributed by atoms with Gasteiger partial charge in [-0.1, -0.05) is 5.16 Å². The molecule has 0 spiro atoms. The molecule has 13 heavy (non-hydrogen) atoms. The zero-order valence-electron chi connectivity index (χ0n) is 7.37. The van der Waals surface area contributed by atoms with E-state index in [1.54, 1.807) is 18.3 Å². The highest BCUT2D eigenvalue weighted by Gasteiger charge is 2.09. The quantitative estimate of drug-likeness (QED) is 0.755. The Morgan fingerprint density at radius 3 is 2.69 bits per heavy atom. The Hall–Kier alpha value is -1.36. The van der Waals surface area contributed by atoms with Gasteiger partial charge in [0.15, 0.2) is 0 Å². The fourth-order valence-electron chi connectivity index (χ4n) is 1.01. The normalized spacial score (nSPS) is 10.6. The van der Waals surface area contributed by atoms with E-state index in [4.69, 9.17) is 10.3 Å². The molecule has 0 saturated heterocycles. The summed E-state index contributed by atoms with van der Waals surface area (Å²) in [5.41, 5.74) is 6.49. The fourth-order valence-corrected chi connectivity index (χ4v) is 1.87. The van der Waals surface area contributed by atoms with Crippen molar-refractivity contribution in [2.45, 2.75) is 13.8 Å². The lowest BCUT2D eigenvalue weighted by Crippen LogP contribution is -1.80. The number of aryl methyl sites for hydroxylation is 2. The second-order valence-electron chi connectivity index (χ2n) is 2.76. The van der Waals surface area contributed by atoms with Gasteiger partial charge in [0.2, 0.25) is 11.7 Å². The Bertz CT molecular complexity index is 413. The molecule has 2 N–H and O–H groups in total. The van der Waals surface area contributed by atoms with Crippen molar-refractivity contribution in [3.63, 3.8) is 0 Å². The number of nitrogens with zero attached hydrogens (tertiary/aromatic N) is 2. The van der Waals surface area contributed by atoms with E-state index in [0.29, 0.717) is 11.7 Å². The Labute approximate surface area is 79.4 Å². The van der Waals surface area contributed by atoms with Crippen LogP contribution in [0.15, 0.2) is 10.6 Å². The second kappa shape index (κ2) is 2.85. The summed E-state index contributed by atoms with van der Waals surface area (Å²) in [7, 11) is 0. The third-order valence-corrected chi connectivity index (χ3v) is 2.77. The van der Waals surface area contributed by atoms with Gasteiger partial charge < -0.3 is 10.3 Å². The van der Waals surface area contributed by atoms with Crippen molar-refractivity contribution in [2.24, 2.45) is 0 Å². The van der Waals surface area contributed by atoms with E-state index in [0.717, 1.165) is 15.4 Å². The van der Waals surface area contributed by atoms with Crippen molar-refractivity contribution in [1.82, 2.24) is 10.1 Å². The zero-order valence-corrected chi connectivity index (χ0v) is 8.18. The molecule has 0 aromatic carbocycles. The number of anilines is 1. The average molecular weight is 195 g/mol. The predicted octanol–water partition coefficient (Wildman–Crippen LogP) is 2.00. The lowest BCUT2D eigenvalue weighted by atomic mass is 10.4. The Morgan fingerprint density at radius 2 is 2.23 bits per heavy atom. The molecule has 0 fully saturated rings. The van der Waals surface area contributed by atoms with Gasteiger partial charge >= 0.3 is 0 Å². The van der Waals surface area contributed by atoms with Crippen molar-refractivity contribution in [3.05, 3.63) is 16.8 Å². The maximum atomic E-state index is 5.71. The van der Waals surface area contributed by atoms with Crippen molar-refractivity contribution >= 4 is 17.0 Å². The molecule has 0 aliphatic rings. The molecule has 2 aromatic heterocycles. The number of hydrogen-bond acceptors (Lipinski definition) is 5. The predicted molar refractivity (Wildman–Crippen MR) is 51.5 cm³/mol. The summed E-state index contributed by atoms with van der Waals surface area (Å²) in [5.74, 6) is 1.18. The first-order valence-electron chi connectivity index (χ1n) is 3.83. The molecule has 0 saturated carbocycles. The lowest BCUT2D eigenvalue weighted by Gasteiger charge is -1.81. The number of nitrogens with two attached hydrogens (primary N) is 1. The Morgan fingerprint density at radius 1 is 1.46 bits per heavy atom. The van der Waals surface area contributed by atoms with Gasteiger partial charge in [0.1, 0.15) is 0 Å². The molecule has 2 aromatic rings. The van der Waals surface area contributed by atoms with Gasteiger partial charge in [0.05, 0.1) is 4.88 Å². The van der Waals surface area contributed by atoms with Crippen molar-refractivity contribution < 1.29 is 4.52 Å². The Balaban J connectivity index is 2.46. The highest BCUT2D eigenvalue weighted by atomic mass is 32.1. The summed E-state index contributed by atoms with van der Waals surface area (Å²) < 4.78 is 4.87. The van der Waals surface area contributed by atoms with E-state index >= 15 is 0 Å². The van der Waals surface area contributed by atoms with Crippen molar-refractivity contribution in [3.8, 4) is 10.7 Å². The molecule has 0 atom stereocenters. The molecule has 0 aliphatic carbocycles. The summed E-state index contributed by atoms with van der Waals surface area (Å²) >= 11 is 1.57. The molecule has 0 amide bonds. The molecule has 0 unspecified atom stereocenters. The largest absolute Gasteiger partial charge is 0.398 e. The zero-order chi connectivity index (χ0) is 9.42. The van der Waals surface area contributed by atoms with E-state index in [1.807, 2.05) is 13.0 Å². The molecule has 0 bridgehead atoms. The van der Waals surface area contributed by atoms with Crippen LogP contribution in [0.4, 0.5) is 5.69 Å². The van der Waals surface area contributed by atoms with Crippen molar-refractivity contribution in [1.29, 1.82) is 0 Å². The van der Waals surface area contributed by atoms with Crippen LogP contribution in [0.5, 0.6) is 0 Å². The highest BCUT2D eigenvalue weighted by Crippen LogP contribution is 2.30. The third kappa shape index (κ3) is 1.42. The van der Waals surface area contributed by atoms with Crippen LogP contribution >= 0.6 is 11.3 Å². The van der Waals surface area contributed by atoms with E-state index < -0.39 is 0 Å². The maximum absolute atomic E-state index is 5.71. The molecular formula is C8H9N3OS. The monoisotopic (exact) mass is 195 g/mol. The summed E-state index contributed by atoms with van der Waals surface area (Å²) in [5, 5.41) is 3.81. The molecule has 0 aliphatic heterocycles. The highest BCUT2D eigenvalue weighted by molar-refractivity contribution is 7.15. The summed E-state index contributed by atoms with van der Waals surface area (Å²) in [6.45, 7) is 3.73. The van der Waals surface area contributed by atoms with Crippen LogP contribution in [-0.2, 0) is 0 Å². The van der Waals surface area contributed by atoms with Gasteiger partial charge in [-0.25, -0.2) is 0 Å². The van der Waals surface area contributed by atoms with Crippen LogP contribution in [-0.4, -0.2) is 10.1 Å². The SMILES string of the molecule is Cc1nc(-c2cc(N)c(C)s2)no1. The summed E-state index contributed by atoms with van der Waals surface area (Å²) in [6, 6.07) is 1.87. The molecule has 5 heteroatoms. The first-order valence-corrected chi connectivity index (χ1v) is 4.65. The van der Waals surface area contributed by atoms with E-state index in [1.165, 1.54) is 0 Å². The second-order valence-corrected chi connectivity index (χ2v) is 4.02. The number of aromatic nitrogens is 2. The molecule has 0 radical (unpaired) electrons. The average Bonchev–Trinajstić information content (AvgIpc) is 2.61. The lowest BCUT2D eigenvalue weighted by molar-refractivity contribution is 0.394. The molecule has 2 rings (SSSR count). The van der Waals surface area contributed by atoms with Crippen LogP contribution < -0.4 is 5.73 Å². The standard InChI is InChI=1S/C8H9N3OS/c1-4-6(9)3-7(13-4)8-10-5(2)12-11-8/h3H,9H2,1-2H3. The summed E-state index contributed by atoms with van der Waals surface area (Å²) in [4.78, 5) is 6.14. The van der Waals surface area contributed by atoms with E-state index in [9.17, 15) is 0 Å². The van der Waals surface area contributed by atoms with Crippen LogP contribution in [0.1, 0.15) is 10.8 Å². The van der Waals surface area contributed by atoms with Crippen molar-refractivity contribution in [2.75, 3.05) is 5.73 Å². The fraction of sp³-hybridized carbons (Fsp3) is 0.250. The molecule has 68 valence electrons. The number of hydrogen-bond donors (Lipinski definition) is 1. The maximum Gasteiger partial charge on any atom is 0.223 e. The number of rotatable bonds is 1.